The zero-order chi connectivity index (χ0) is 12.1. The summed E-state index contributed by atoms with van der Waals surface area (Å²) in [7, 11) is 0. The first-order chi connectivity index (χ1) is 7.50. The van der Waals surface area contributed by atoms with Crippen molar-refractivity contribution in [3.05, 3.63) is 29.5 Å². The van der Waals surface area contributed by atoms with E-state index in [0.29, 0.717) is 11.4 Å². The van der Waals surface area contributed by atoms with Gasteiger partial charge in [-0.1, -0.05) is 0 Å². The molecule has 1 aromatic heterocycles. The smallest absolute Gasteiger partial charge is 0.356 e. The van der Waals surface area contributed by atoms with Crippen molar-refractivity contribution in [1.29, 1.82) is 0 Å². The van der Waals surface area contributed by atoms with E-state index in [0.717, 1.165) is 6.20 Å². The number of rotatable bonds is 4. The summed E-state index contributed by atoms with van der Waals surface area (Å²) in [6, 6.07) is 0. The Morgan fingerprint density at radius 3 is 2.56 bits per heavy atom. The van der Waals surface area contributed by atoms with Crippen LogP contribution in [0.4, 0.5) is 10.2 Å². The monoisotopic (exact) mass is 225 g/mol. The van der Waals surface area contributed by atoms with E-state index in [9.17, 15) is 9.18 Å². The van der Waals surface area contributed by atoms with Crippen LogP contribution in [0.15, 0.2) is 23.8 Å². The number of hydrogen-bond acceptors (Lipinski definition) is 4. The highest BCUT2D eigenvalue weighted by atomic mass is 19.1. The van der Waals surface area contributed by atoms with Crippen molar-refractivity contribution < 1.29 is 14.3 Å². The molecule has 0 radical (unpaired) electrons. The third kappa shape index (κ3) is 3.30. The van der Waals surface area contributed by atoms with Gasteiger partial charge in [0.1, 0.15) is 11.6 Å². The first-order valence-corrected chi connectivity index (χ1v) is 4.61. The topological polar surface area (TPSA) is 75.1 Å². The number of halogens is 1. The van der Waals surface area contributed by atoms with Gasteiger partial charge in [0.05, 0.1) is 18.9 Å². The van der Waals surface area contributed by atoms with E-state index in [2.05, 4.69) is 15.3 Å². The van der Waals surface area contributed by atoms with Crippen LogP contribution in [-0.4, -0.2) is 27.6 Å². The van der Waals surface area contributed by atoms with Gasteiger partial charge in [0, 0.05) is 0 Å². The fourth-order valence-corrected chi connectivity index (χ4v) is 0.875. The Hall–Kier alpha value is -1.98. The second kappa shape index (κ2) is 5.20. The minimum absolute atomic E-state index is 0.0173. The minimum atomic E-state index is -1.14. The van der Waals surface area contributed by atoms with Crippen LogP contribution >= 0.6 is 0 Å². The maximum Gasteiger partial charge on any atom is 0.356 e. The lowest BCUT2D eigenvalue weighted by atomic mass is 10.3. The number of nitrogens with one attached hydrogen (secondary N) is 1. The zero-order valence-electron chi connectivity index (χ0n) is 8.99. The summed E-state index contributed by atoms with van der Waals surface area (Å²) in [5, 5.41) is 11.3. The fourth-order valence-electron chi connectivity index (χ4n) is 0.875. The van der Waals surface area contributed by atoms with E-state index in [1.165, 1.54) is 6.20 Å². The highest BCUT2D eigenvalue weighted by Gasteiger charge is 2.05. The second-order valence-corrected chi connectivity index (χ2v) is 3.35. The lowest BCUT2D eigenvalue weighted by Gasteiger charge is -2.04. The van der Waals surface area contributed by atoms with Crippen LogP contribution in [0.2, 0.25) is 0 Å². The third-order valence-electron chi connectivity index (χ3n) is 1.84. The van der Waals surface area contributed by atoms with Gasteiger partial charge in [-0.15, -0.1) is 0 Å². The van der Waals surface area contributed by atoms with Crippen LogP contribution in [0.1, 0.15) is 24.3 Å². The molecule has 1 heterocycles. The third-order valence-corrected chi connectivity index (χ3v) is 1.84. The molecule has 5 nitrogen and oxygen atoms in total. The van der Waals surface area contributed by atoms with Crippen LogP contribution in [-0.2, 0) is 0 Å². The van der Waals surface area contributed by atoms with Gasteiger partial charge in [0.25, 0.3) is 0 Å². The van der Waals surface area contributed by atoms with Crippen molar-refractivity contribution >= 4 is 11.8 Å². The van der Waals surface area contributed by atoms with Crippen molar-refractivity contribution in [3.8, 4) is 0 Å². The number of carboxylic acid groups (broad SMARTS) is 1. The van der Waals surface area contributed by atoms with E-state index in [4.69, 9.17) is 5.11 Å². The van der Waals surface area contributed by atoms with Gasteiger partial charge in [-0.2, -0.15) is 0 Å². The fraction of sp³-hybridized carbons (Fsp3) is 0.300. The van der Waals surface area contributed by atoms with Crippen molar-refractivity contribution in [1.82, 2.24) is 9.97 Å². The Morgan fingerprint density at radius 2 is 2.12 bits per heavy atom. The summed E-state index contributed by atoms with van der Waals surface area (Å²) >= 11 is 0. The second-order valence-electron chi connectivity index (χ2n) is 3.35. The highest BCUT2D eigenvalue weighted by Crippen LogP contribution is 2.07. The molecule has 6 heteroatoms. The van der Waals surface area contributed by atoms with Gasteiger partial charge in [-0.25, -0.2) is 19.2 Å². The molecular formula is C10H12FN3O2. The summed E-state index contributed by atoms with van der Waals surface area (Å²) in [4.78, 5) is 17.9. The highest BCUT2D eigenvalue weighted by molar-refractivity contribution is 5.84. The van der Waals surface area contributed by atoms with E-state index >= 15 is 0 Å². The zero-order valence-corrected chi connectivity index (χ0v) is 8.99. The minimum Gasteiger partial charge on any atom is -0.476 e. The lowest BCUT2D eigenvalue weighted by Crippen LogP contribution is -2.07. The number of allylic oxidation sites excluding steroid dienone is 1. The molecule has 1 aromatic rings. The molecule has 0 aliphatic heterocycles. The largest absolute Gasteiger partial charge is 0.476 e. The predicted molar refractivity (Wildman–Crippen MR) is 57.0 cm³/mol. The van der Waals surface area contributed by atoms with Gasteiger partial charge < -0.3 is 10.4 Å². The van der Waals surface area contributed by atoms with E-state index in [1.54, 1.807) is 13.8 Å². The first-order valence-electron chi connectivity index (χ1n) is 4.61. The van der Waals surface area contributed by atoms with Gasteiger partial charge >= 0.3 is 5.97 Å². The molecule has 0 bridgehead atoms. The molecule has 0 aliphatic carbocycles. The number of carboxylic acids is 1. The Labute approximate surface area is 92.0 Å². The van der Waals surface area contributed by atoms with Crippen LogP contribution in [0.3, 0.4) is 0 Å². The Kier molecular flexibility index (Phi) is 3.93. The van der Waals surface area contributed by atoms with Crippen molar-refractivity contribution in [2.45, 2.75) is 13.8 Å². The van der Waals surface area contributed by atoms with Gasteiger partial charge in [-0.05, 0) is 19.4 Å². The summed E-state index contributed by atoms with van der Waals surface area (Å²) < 4.78 is 13.1. The molecule has 0 atom stereocenters. The predicted octanol–water partition coefficient (Wildman–Crippen LogP) is 1.85. The molecule has 0 amide bonds. The standard InChI is InChI=1S/C10H12FN3O2/c1-6(2)7(11)3-13-9-5-12-8(4-14-9)10(15)16/h4-5H,3H2,1-2H3,(H,13,14)(H,15,16). The molecule has 1 rings (SSSR count). The molecule has 0 fully saturated rings. The first kappa shape index (κ1) is 12.1. The average Bonchev–Trinajstić information content (AvgIpc) is 2.26. The van der Waals surface area contributed by atoms with Gasteiger partial charge in [0.2, 0.25) is 0 Å². The van der Waals surface area contributed by atoms with Crippen LogP contribution in [0.5, 0.6) is 0 Å². The number of nitrogens with zero attached hydrogens (tertiary/aromatic N) is 2. The van der Waals surface area contributed by atoms with Gasteiger partial charge in [-0.3, -0.25) is 0 Å². The van der Waals surface area contributed by atoms with Crippen LogP contribution < -0.4 is 5.32 Å². The van der Waals surface area contributed by atoms with E-state index in [-0.39, 0.29) is 18.1 Å². The van der Waals surface area contributed by atoms with Crippen molar-refractivity contribution in [2.24, 2.45) is 0 Å². The molecule has 0 spiro atoms. The average molecular weight is 225 g/mol. The molecule has 2 N–H and O–H groups in total. The summed E-state index contributed by atoms with van der Waals surface area (Å²) in [5.41, 5.74) is 0.441. The Balaban J connectivity index is 2.63. The maximum absolute atomic E-state index is 13.1. The molecule has 0 saturated heterocycles. The summed E-state index contributed by atoms with van der Waals surface area (Å²) in [6.07, 6.45) is 2.37. The van der Waals surface area contributed by atoms with E-state index < -0.39 is 5.97 Å². The molecule has 86 valence electrons. The summed E-state index contributed by atoms with van der Waals surface area (Å²) in [5.74, 6) is -1.08. The molecule has 0 aliphatic rings. The maximum atomic E-state index is 13.1. The number of hydrogen-bond donors (Lipinski definition) is 2. The van der Waals surface area contributed by atoms with E-state index in [1.807, 2.05) is 0 Å². The molecule has 0 saturated carbocycles. The number of aromatic carboxylic acids is 1. The SMILES string of the molecule is CC(C)=C(F)CNc1cnc(C(=O)O)cn1. The van der Waals surface area contributed by atoms with Crippen LogP contribution in [0, 0.1) is 0 Å². The Morgan fingerprint density at radius 1 is 1.44 bits per heavy atom. The number of anilines is 1. The number of aromatic nitrogens is 2. The summed E-state index contributed by atoms with van der Waals surface area (Å²) in [6.45, 7) is 3.34. The van der Waals surface area contributed by atoms with Crippen molar-refractivity contribution in [2.75, 3.05) is 11.9 Å². The molecule has 16 heavy (non-hydrogen) atoms. The molecular weight excluding hydrogens is 213 g/mol. The molecule has 0 unspecified atom stereocenters. The van der Waals surface area contributed by atoms with Crippen LogP contribution in [0.25, 0.3) is 0 Å². The lowest BCUT2D eigenvalue weighted by molar-refractivity contribution is 0.0690. The normalized spacial score (nSPS) is 9.69. The quantitative estimate of drug-likeness (QED) is 0.817. The Bertz CT molecular complexity index is 411. The van der Waals surface area contributed by atoms with Gasteiger partial charge in [0.15, 0.2) is 5.69 Å². The van der Waals surface area contributed by atoms with Crippen molar-refractivity contribution in [3.63, 3.8) is 0 Å². The molecule has 0 aromatic carbocycles. The number of carbonyl (C=O) groups is 1.